The summed E-state index contributed by atoms with van der Waals surface area (Å²) in [6.45, 7) is 1.67. The van der Waals surface area contributed by atoms with Crippen molar-refractivity contribution in [1.29, 1.82) is 0 Å². The van der Waals surface area contributed by atoms with Crippen molar-refractivity contribution in [3.05, 3.63) is 29.3 Å². The van der Waals surface area contributed by atoms with Crippen LogP contribution in [0.5, 0.6) is 0 Å². The SMILES string of the molecule is O=C1C2CCC(O2)C(=O)N1c1cccc2c1CCNC2. The van der Waals surface area contributed by atoms with Gasteiger partial charge >= 0.3 is 0 Å². The lowest BCUT2D eigenvalue weighted by Crippen LogP contribution is -2.52. The molecule has 2 saturated heterocycles. The van der Waals surface area contributed by atoms with Crippen LogP contribution >= 0.6 is 0 Å². The van der Waals surface area contributed by atoms with Crippen molar-refractivity contribution >= 4 is 17.5 Å². The number of fused-ring (bicyclic) bond motifs is 3. The minimum atomic E-state index is -0.435. The lowest BCUT2D eigenvalue weighted by Gasteiger charge is -2.32. The quantitative estimate of drug-likeness (QED) is 0.767. The van der Waals surface area contributed by atoms with Gasteiger partial charge < -0.3 is 10.1 Å². The van der Waals surface area contributed by atoms with Gasteiger partial charge in [-0.05, 0) is 43.0 Å². The predicted molar refractivity (Wildman–Crippen MR) is 72.2 cm³/mol. The van der Waals surface area contributed by atoms with Crippen molar-refractivity contribution in [3.63, 3.8) is 0 Å². The molecule has 0 aliphatic carbocycles. The molecular formula is C15H16N2O3. The number of imide groups is 1. The van der Waals surface area contributed by atoms with E-state index in [4.69, 9.17) is 4.74 Å². The zero-order valence-corrected chi connectivity index (χ0v) is 11.1. The van der Waals surface area contributed by atoms with Crippen LogP contribution in [-0.2, 0) is 27.3 Å². The second kappa shape index (κ2) is 4.40. The Bertz CT molecular complexity index is 577. The van der Waals surface area contributed by atoms with E-state index < -0.39 is 12.2 Å². The fourth-order valence-electron chi connectivity index (χ4n) is 3.36. The molecule has 0 aromatic heterocycles. The molecule has 2 fully saturated rings. The molecule has 5 heteroatoms. The normalized spacial score (nSPS) is 28.7. The minimum Gasteiger partial charge on any atom is -0.355 e. The number of benzene rings is 1. The second-order valence-corrected chi connectivity index (χ2v) is 5.54. The molecular weight excluding hydrogens is 256 g/mol. The van der Waals surface area contributed by atoms with Crippen LogP contribution in [0.1, 0.15) is 24.0 Å². The molecule has 3 aliphatic heterocycles. The molecule has 0 saturated carbocycles. The molecule has 104 valence electrons. The van der Waals surface area contributed by atoms with E-state index in [-0.39, 0.29) is 11.8 Å². The van der Waals surface area contributed by atoms with Crippen molar-refractivity contribution in [1.82, 2.24) is 5.32 Å². The highest BCUT2D eigenvalue weighted by Crippen LogP contribution is 2.35. The van der Waals surface area contributed by atoms with Gasteiger partial charge in [-0.2, -0.15) is 0 Å². The van der Waals surface area contributed by atoms with Gasteiger partial charge in [0.15, 0.2) is 0 Å². The maximum absolute atomic E-state index is 12.4. The smallest absolute Gasteiger partial charge is 0.262 e. The first-order valence-corrected chi connectivity index (χ1v) is 7.10. The Hall–Kier alpha value is -1.72. The van der Waals surface area contributed by atoms with E-state index >= 15 is 0 Å². The molecule has 2 unspecified atom stereocenters. The standard InChI is InChI=1S/C15H16N2O3/c18-14-12-4-5-13(20-12)15(19)17(14)11-3-1-2-9-8-16-7-6-10(9)11/h1-3,12-13,16H,4-8H2. The molecule has 2 bridgehead atoms. The Labute approximate surface area is 116 Å². The van der Waals surface area contributed by atoms with Gasteiger partial charge in [-0.1, -0.05) is 12.1 Å². The van der Waals surface area contributed by atoms with Crippen LogP contribution in [-0.4, -0.2) is 30.6 Å². The Morgan fingerprint density at radius 3 is 2.65 bits per heavy atom. The topological polar surface area (TPSA) is 58.6 Å². The number of amides is 2. The van der Waals surface area contributed by atoms with Crippen LogP contribution in [0, 0.1) is 0 Å². The highest BCUT2D eigenvalue weighted by Gasteiger charge is 2.47. The third-order valence-electron chi connectivity index (χ3n) is 4.37. The summed E-state index contributed by atoms with van der Waals surface area (Å²) >= 11 is 0. The lowest BCUT2D eigenvalue weighted by atomic mass is 9.98. The van der Waals surface area contributed by atoms with E-state index in [0.29, 0.717) is 12.8 Å². The Balaban J connectivity index is 1.80. The number of nitrogens with zero attached hydrogens (tertiary/aromatic N) is 1. The number of carbonyl (C=O) groups excluding carboxylic acids is 2. The first-order valence-electron chi connectivity index (χ1n) is 7.10. The van der Waals surface area contributed by atoms with Gasteiger partial charge in [0.1, 0.15) is 12.2 Å². The van der Waals surface area contributed by atoms with E-state index in [1.54, 1.807) is 0 Å². The fourth-order valence-corrected chi connectivity index (χ4v) is 3.36. The highest BCUT2D eigenvalue weighted by molar-refractivity contribution is 6.20. The number of carbonyl (C=O) groups is 2. The number of hydrogen-bond donors (Lipinski definition) is 1. The largest absolute Gasteiger partial charge is 0.355 e. The van der Waals surface area contributed by atoms with Crippen LogP contribution in [0.25, 0.3) is 0 Å². The molecule has 0 radical (unpaired) electrons. The molecule has 2 atom stereocenters. The monoisotopic (exact) mass is 272 g/mol. The Morgan fingerprint density at radius 1 is 1.15 bits per heavy atom. The Kier molecular flexibility index (Phi) is 2.65. The van der Waals surface area contributed by atoms with Crippen molar-refractivity contribution in [2.75, 3.05) is 11.4 Å². The summed E-state index contributed by atoms with van der Waals surface area (Å²) < 4.78 is 5.46. The molecule has 3 heterocycles. The highest BCUT2D eigenvalue weighted by atomic mass is 16.5. The van der Waals surface area contributed by atoms with Crippen molar-refractivity contribution in [2.24, 2.45) is 0 Å². The summed E-state index contributed by atoms with van der Waals surface area (Å²) in [5.74, 6) is -0.397. The fraction of sp³-hybridized carbons (Fsp3) is 0.467. The third kappa shape index (κ3) is 1.63. The minimum absolute atomic E-state index is 0.198. The molecule has 1 aromatic rings. The maximum atomic E-state index is 12.4. The predicted octanol–water partition coefficient (Wildman–Crippen LogP) is 0.753. The Morgan fingerprint density at radius 2 is 1.90 bits per heavy atom. The van der Waals surface area contributed by atoms with Crippen LogP contribution < -0.4 is 10.2 Å². The van der Waals surface area contributed by atoms with Gasteiger partial charge in [0, 0.05) is 6.54 Å². The summed E-state index contributed by atoms with van der Waals surface area (Å²) in [6.07, 6.45) is 1.29. The lowest BCUT2D eigenvalue weighted by molar-refractivity contribution is -0.146. The van der Waals surface area contributed by atoms with E-state index in [2.05, 4.69) is 11.4 Å². The van der Waals surface area contributed by atoms with Crippen molar-refractivity contribution in [2.45, 2.75) is 38.0 Å². The van der Waals surface area contributed by atoms with E-state index in [1.165, 1.54) is 10.5 Å². The number of rotatable bonds is 1. The first-order chi connectivity index (χ1) is 9.75. The summed E-state index contributed by atoms with van der Waals surface area (Å²) in [6, 6.07) is 5.85. The summed E-state index contributed by atoms with van der Waals surface area (Å²) in [5.41, 5.74) is 3.06. The molecule has 2 amide bonds. The molecule has 1 aromatic carbocycles. The van der Waals surface area contributed by atoms with Crippen LogP contribution in [0.4, 0.5) is 5.69 Å². The van der Waals surface area contributed by atoms with Crippen LogP contribution in [0.3, 0.4) is 0 Å². The van der Waals surface area contributed by atoms with Crippen LogP contribution in [0.2, 0.25) is 0 Å². The number of ether oxygens (including phenoxy) is 1. The number of morpholine rings is 1. The van der Waals surface area contributed by atoms with Crippen LogP contribution in [0.15, 0.2) is 18.2 Å². The average Bonchev–Trinajstić information content (AvgIpc) is 2.93. The zero-order chi connectivity index (χ0) is 13.7. The molecule has 3 aliphatic rings. The van der Waals surface area contributed by atoms with Gasteiger partial charge in [0.25, 0.3) is 11.8 Å². The van der Waals surface area contributed by atoms with E-state index in [1.807, 2.05) is 12.1 Å². The molecule has 20 heavy (non-hydrogen) atoms. The molecule has 1 N–H and O–H groups in total. The summed E-state index contributed by atoms with van der Waals surface area (Å²) in [7, 11) is 0. The number of hydrogen-bond acceptors (Lipinski definition) is 4. The second-order valence-electron chi connectivity index (χ2n) is 5.54. The van der Waals surface area contributed by atoms with Gasteiger partial charge in [0.2, 0.25) is 0 Å². The van der Waals surface area contributed by atoms with Gasteiger partial charge in [-0.3, -0.25) is 9.59 Å². The summed E-state index contributed by atoms with van der Waals surface area (Å²) in [4.78, 5) is 26.3. The molecule has 0 spiro atoms. The van der Waals surface area contributed by atoms with E-state index in [0.717, 1.165) is 30.8 Å². The summed E-state index contributed by atoms with van der Waals surface area (Å²) in [5, 5.41) is 3.31. The molecule has 4 rings (SSSR count). The van der Waals surface area contributed by atoms with Crippen molar-refractivity contribution < 1.29 is 14.3 Å². The third-order valence-corrected chi connectivity index (χ3v) is 4.37. The van der Waals surface area contributed by atoms with E-state index in [9.17, 15) is 9.59 Å². The van der Waals surface area contributed by atoms with Gasteiger partial charge in [-0.25, -0.2) is 4.90 Å². The van der Waals surface area contributed by atoms with Gasteiger partial charge in [0.05, 0.1) is 5.69 Å². The first kappa shape index (κ1) is 12.1. The van der Waals surface area contributed by atoms with Gasteiger partial charge in [-0.15, -0.1) is 0 Å². The number of nitrogens with one attached hydrogen (secondary N) is 1. The molecule has 5 nitrogen and oxygen atoms in total. The maximum Gasteiger partial charge on any atom is 0.262 e. The zero-order valence-electron chi connectivity index (χ0n) is 11.1. The van der Waals surface area contributed by atoms with Crippen molar-refractivity contribution in [3.8, 4) is 0 Å². The average molecular weight is 272 g/mol. The number of anilines is 1.